The Labute approximate surface area is 123 Å². The number of aromatic hydroxyl groups is 1. The SMILES string of the molecule is CC1CCNC1C(=O)N[C@H](Cc1ccc(O)cc1)C(=O)O. The van der Waals surface area contributed by atoms with Crippen molar-refractivity contribution in [2.45, 2.75) is 31.8 Å². The lowest BCUT2D eigenvalue weighted by molar-refractivity contribution is -0.142. The van der Waals surface area contributed by atoms with Crippen molar-refractivity contribution in [3.63, 3.8) is 0 Å². The Bertz CT molecular complexity index is 515. The van der Waals surface area contributed by atoms with Gasteiger partial charge < -0.3 is 20.8 Å². The lowest BCUT2D eigenvalue weighted by Crippen LogP contribution is -2.50. The van der Waals surface area contributed by atoms with E-state index in [1.165, 1.54) is 12.1 Å². The summed E-state index contributed by atoms with van der Waals surface area (Å²) >= 11 is 0. The molecule has 1 amide bonds. The van der Waals surface area contributed by atoms with E-state index in [0.29, 0.717) is 0 Å². The zero-order valence-electron chi connectivity index (χ0n) is 11.9. The Morgan fingerprint density at radius 1 is 1.38 bits per heavy atom. The van der Waals surface area contributed by atoms with Gasteiger partial charge in [-0.3, -0.25) is 4.79 Å². The molecule has 4 N–H and O–H groups in total. The molecule has 1 aliphatic rings. The molecule has 0 spiro atoms. The van der Waals surface area contributed by atoms with E-state index in [1.807, 2.05) is 6.92 Å². The standard InChI is InChI=1S/C15H20N2O4/c1-9-6-7-16-13(9)14(19)17-12(15(20)21)8-10-2-4-11(18)5-3-10/h2-5,9,12-13,16,18H,6-8H2,1H3,(H,17,19)(H,20,21)/t9?,12-,13?/m1/s1. The Hall–Kier alpha value is -2.08. The summed E-state index contributed by atoms with van der Waals surface area (Å²) in [4.78, 5) is 23.5. The number of carboxylic acids is 1. The topological polar surface area (TPSA) is 98.7 Å². The summed E-state index contributed by atoms with van der Waals surface area (Å²) in [5.41, 5.74) is 0.743. The molecule has 0 radical (unpaired) electrons. The second kappa shape index (κ2) is 6.58. The third-order valence-corrected chi connectivity index (χ3v) is 3.81. The average Bonchev–Trinajstić information content (AvgIpc) is 2.86. The predicted octanol–water partition coefficient (Wildman–Crippen LogP) is 0.502. The molecule has 1 aromatic rings. The normalized spacial score (nSPS) is 22.7. The minimum atomic E-state index is -1.07. The maximum Gasteiger partial charge on any atom is 0.326 e. The minimum Gasteiger partial charge on any atom is -0.508 e. The minimum absolute atomic E-state index is 0.124. The smallest absolute Gasteiger partial charge is 0.326 e. The number of amides is 1. The molecule has 0 bridgehead atoms. The van der Waals surface area contributed by atoms with Crippen molar-refractivity contribution in [1.82, 2.24) is 10.6 Å². The number of phenolic OH excluding ortho intramolecular Hbond substituents is 1. The molecule has 2 rings (SSSR count). The predicted molar refractivity (Wildman–Crippen MR) is 76.9 cm³/mol. The van der Waals surface area contributed by atoms with Crippen molar-refractivity contribution in [3.05, 3.63) is 29.8 Å². The van der Waals surface area contributed by atoms with Gasteiger partial charge in [-0.15, -0.1) is 0 Å². The van der Waals surface area contributed by atoms with Crippen LogP contribution in [0.4, 0.5) is 0 Å². The average molecular weight is 292 g/mol. The number of phenols is 1. The van der Waals surface area contributed by atoms with E-state index in [4.69, 9.17) is 0 Å². The monoisotopic (exact) mass is 292 g/mol. The number of carbonyl (C=O) groups excluding carboxylic acids is 1. The van der Waals surface area contributed by atoms with E-state index in [-0.39, 0.29) is 30.0 Å². The van der Waals surface area contributed by atoms with Gasteiger partial charge in [0.25, 0.3) is 0 Å². The molecule has 2 unspecified atom stereocenters. The third-order valence-electron chi connectivity index (χ3n) is 3.81. The number of aliphatic carboxylic acids is 1. The van der Waals surface area contributed by atoms with Crippen LogP contribution < -0.4 is 10.6 Å². The fourth-order valence-electron chi connectivity index (χ4n) is 2.51. The number of nitrogens with one attached hydrogen (secondary N) is 2. The van der Waals surface area contributed by atoms with Gasteiger partial charge >= 0.3 is 5.97 Å². The summed E-state index contributed by atoms with van der Waals surface area (Å²) < 4.78 is 0. The van der Waals surface area contributed by atoms with Crippen molar-refractivity contribution in [2.24, 2.45) is 5.92 Å². The lowest BCUT2D eigenvalue weighted by atomic mass is 10.0. The molecule has 0 aromatic heterocycles. The van der Waals surface area contributed by atoms with Gasteiger partial charge in [0, 0.05) is 6.42 Å². The summed E-state index contributed by atoms with van der Waals surface area (Å²) in [6.45, 7) is 2.74. The molecule has 3 atom stereocenters. The summed E-state index contributed by atoms with van der Waals surface area (Å²) in [7, 11) is 0. The fourth-order valence-corrected chi connectivity index (χ4v) is 2.51. The van der Waals surface area contributed by atoms with Gasteiger partial charge in [-0.25, -0.2) is 4.79 Å². The molecule has 114 valence electrons. The fraction of sp³-hybridized carbons (Fsp3) is 0.467. The van der Waals surface area contributed by atoms with Gasteiger partial charge in [0.2, 0.25) is 5.91 Å². The first-order chi connectivity index (χ1) is 9.97. The van der Waals surface area contributed by atoms with Crippen molar-refractivity contribution in [2.75, 3.05) is 6.54 Å². The Kier molecular flexibility index (Phi) is 4.80. The number of carboxylic acid groups (broad SMARTS) is 1. The molecule has 1 aliphatic heterocycles. The van der Waals surface area contributed by atoms with Crippen molar-refractivity contribution >= 4 is 11.9 Å². The molecular formula is C15H20N2O4. The number of hydrogen-bond donors (Lipinski definition) is 4. The quantitative estimate of drug-likeness (QED) is 0.633. The van der Waals surface area contributed by atoms with Crippen molar-refractivity contribution in [3.8, 4) is 5.75 Å². The maximum atomic E-state index is 12.1. The maximum absolute atomic E-state index is 12.1. The lowest BCUT2D eigenvalue weighted by Gasteiger charge is -2.20. The summed E-state index contributed by atoms with van der Waals surface area (Å²) in [5, 5.41) is 24.2. The van der Waals surface area contributed by atoms with Gasteiger partial charge in [0.15, 0.2) is 0 Å². The summed E-state index contributed by atoms with van der Waals surface area (Å²) in [6, 6.07) is 4.98. The van der Waals surface area contributed by atoms with Crippen molar-refractivity contribution < 1.29 is 19.8 Å². The second-order valence-corrected chi connectivity index (χ2v) is 5.47. The van der Waals surface area contributed by atoms with E-state index in [9.17, 15) is 19.8 Å². The number of hydrogen-bond acceptors (Lipinski definition) is 4. The van der Waals surface area contributed by atoms with E-state index < -0.39 is 12.0 Å². The van der Waals surface area contributed by atoms with Crippen LogP contribution in [0.15, 0.2) is 24.3 Å². The first-order valence-corrected chi connectivity index (χ1v) is 7.02. The number of rotatable bonds is 5. The van der Waals surface area contributed by atoms with Crippen LogP contribution in [-0.2, 0) is 16.0 Å². The highest BCUT2D eigenvalue weighted by atomic mass is 16.4. The molecule has 6 heteroatoms. The number of carbonyl (C=O) groups is 2. The summed E-state index contributed by atoms with van der Waals surface area (Å²) in [6.07, 6.45) is 1.09. The van der Waals surface area contributed by atoms with Gasteiger partial charge in [0.1, 0.15) is 11.8 Å². The molecule has 1 saturated heterocycles. The zero-order valence-corrected chi connectivity index (χ0v) is 11.9. The molecule has 1 aromatic carbocycles. The Morgan fingerprint density at radius 2 is 2.05 bits per heavy atom. The van der Waals surface area contributed by atoms with Crippen LogP contribution in [0.1, 0.15) is 18.9 Å². The molecule has 0 aliphatic carbocycles. The summed E-state index contributed by atoms with van der Waals surface area (Å²) in [5.74, 6) is -1.01. The molecule has 0 saturated carbocycles. The Morgan fingerprint density at radius 3 is 2.57 bits per heavy atom. The largest absolute Gasteiger partial charge is 0.508 e. The first kappa shape index (κ1) is 15.3. The highest BCUT2D eigenvalue weighted by Crippen LogP contribution is 2.15. The highest BCUT2D eigenvalue weighted by Gasteiger charge is 2.31. The van der Waals surface area contributed by atoms with Crippen LogP contribution in [0.25, 0.3) is 0 Å². The van der Waals surface area contributed by atoms with E-state index in [2.05, 4.69) is 10.6 Å². The zero-order chi connectivity index (χ0) is 15.4. The molecule has 1 fully saturated rings. The highest BCUT2D eigenvalue weighted by molar-refractivity contribution is 5.87. The van der Waals surface area contributed by atoms with Crippen LogP contribution in [0.5, 0.6) is 5.75 Å². The molecule has 1 heterocycles. The van der Waals surface area contributed by atoms with Crippen LogP contribution >= 0.6 is 0 Å². The van der Waals surface area contributed by atoms with Crippen LogP contribution in [-0.4, -0.2) is 40.7 Å². The van der Waals surface area contributed by atoms with E-state index >= 15 is 0 Å². The molecular weight excluding hydrogens is 272 g/mol. The first-order valence-electron chi connectivity index (χ1n) is 7.02. The van der Waals surface area contributed by atoms with Crippen LogP contribution in [0.3, 0.4) is 0 Å². The van der Waals surface area contributed by atoms with E-state index in [0.717, 1.165) is 18.5 Å². The van der Waals surface area contributed by atoms with Gasteiger partial charge in [0.05, 0.1) is 6.04 Å². The third kappa shape index (κ3) is 3.95. The Balaban J connectivity index is 2.00. The van der Waals surface area contributed by atoms with Gasteiger partial charge in [-0.2, -0.15) is 0 Å². The van der Waals surface area contributed by atoms with Gasteiger partial charge in [-0.05, 0) is 36.6 Å². The second-order valence-electron chi connectivity index (χ2n) is 5.47. The van der Waals surface area contributed by atoms with Gasteiger partial charge in [-0.1, -0.05) is 19.1 Å². The van der Waals surface area contributed by atoms with E-state index in [1.54, 1.807) is 12.1 Å². The molecule has 6 nitrogen and oxygen atoms in total. The molecule has 21 heavy (non-hydrogen) atoms. The van der Waals surface area contributed by atoms with Crippen LogP contribution in [0.2, 0.25) is 0 Å². The number of benzene rings is 1. The van der Waals surface area contributed by atoms with Crippen molar-refractivity contribution in [1.29, 1.82) is 0 Å². The van der Waals surface area contributed by atoms with Crippen LogP contribution in [0, 0.1) is 5.92 Å².